The maximum Gasteiger partial charge on any atom is 0.269 e. The number of H-pyrrole nitrogens is 1. The van der Waals surface area contributed by atoms with Crippen molar-refractivity contribution in [3.8, 4) is 0 Å². The van der Waals surface area contributed by atoms with Crippen LogP contribution in [0, 0.1) is 22.0 Å². The van der Waals surface area contributed by atoms with Gasteiger partial charge in [0.2, 0.25) is 47.3 Å². The lowest BCUT2D eigenvalue weighted by atomic mass is 9.79. The van der Waals surface area contributed by atoms with E-state index in [0.29, 0.717) is 50.8 Å². The van der Waals surface area contributed by atoms with Gasteiger partial charge < -0.3 is 47.5 Å². The highest BCUT2D eigenvalue weighted by Gasteiger charge is 2.40. The van der Waals surface area contributed by atoms with Crippen LogP contribution in [0.15, 0.2) is 54.7 Å². The van der Waals surface area contributed by atoms with Gasteiger partial charge in [-0.1, -0.05) is 44.2 Å². The minimum atomic E-state index is -1.21. The molecule has 1 aromatic heterocycles. The van der Waals surface area contributed by atoms with Crippen molar-refractivity contribution in [2.45, 2.75) is 109 Å². The number of nitrogens with two attached hydrogens (primary N) is 1. The molecule has 8 amide bonds. The molecule has 3 aliphatic rings. The first kappa shape index (κ1) is 52.2. The summed E-state index contributed by atoms with van der Waals surface area (Å²) in [6.45, 7) is 5.94. The average molecular weight is 968 g/mol. The quantitative estimate of drug-likeness (QED) is 0.0378. The molecular formula is C49H65N11O10. The van der Waals surface area contributed by atoms with Gasteiger partial charge in [-0.2, -0.15) is 0 Å². The van der Waals surface area contributed by atoms with Crippen molar-refractivity contribution in [1.29, 1.82) is 0 Å². The third kappa shape index (κ3) is 13.3. The summed E-state index contributed by atoms with van der Waals surface area (Å²) in [4.78, 5) is 122. The third-order valence-electron chi connectivity index (χ3n) is 13.2. The van der Waals surface area contributed by atoms with E-state index in [1.54, 1.807) is 13.8 Å². The molecule has 3 aromatic rings. The molecule has 70 heavy (non-hydrogen) atoms. The summed E-state index contributed by atoms with van der Waals surface area (Å²) >= 11 is 0. The molecule has 0 saturated carbocycles. The number of non-ortho nitro benzene ring substituents is 1. The van der Waals surface area contributed by atoms with Gasteiger partial charge in [0.05, 0.1) is 10.8 Å². The lowest BCUT2D eigenvalue weighted by molar-refractivity contribution is -0.384. The first-order valence-electron chi connectivity index (χ1n) is 23.9. The molecule has 0 bridgehead atoms. The van der Waals surface area contributed by atoms with Crippen LogP contribution in [0.5, 0.6) is 0 Å². The van der Waals surface area contributed by atoms with Crippen LogP contribution in [-0.2, 0) is 51.2 Å². The van der Waals surface area contributed by atoms with Gasteiger partial charge in [-0.25, -0.2) is 0 Å². The van der Waals surface area contributed by atoms with E-state index in [2.05, 4.69) is 47.9 Å². The van der Waals surface area contributed by atoms with Gasteiger partial charge in [0.1, 0.15) is 24.2 Å². The van der Waals surface area contributed by atoms with E-state index in [1.807, 2.05) is 31.5 Å². The molecule has 6 atom stereocenters. The lowest BCUT2D eigenvalue weighted by Crippen LogP contribution is -2.59. The van der Waals surface area contributed by atoms with Crippen molar-refractivity contribution in [2.75, 3.05) is 39.8 Å². The molecule has 2 aromatic carbocycles. The van der Waals surface area contributed by atoms with E-state index in [4.69, 9.17) is 5.73 Å². The number of likely N-dealkylation sites (N-methyl/N-ethyl adjacent to an activating group) is 1. The van der Waals surface area contributed by atoms with Gasteiger partial charge in [0, 0.05) is 94.2 Å². The van der Waals surface area contributed by atoms with E-state index >= 15 is 0 Å². The standard InChI is InChI=1S/C49H65N11O10/c1-28(2)44(57-46(65)32-24-35-34-9-7-11-36-43(34)31(26-54-36)25-40(35)58(4)27-32)48(67)56-38(23-30-13-15-33(16-14-30)60(69)70)49(68)59-22-8-12-39(59)47(66)53-21-20-52-42(63)18-17-41(62)51-19-6-5-10-37(45(50)64)55-29(3)61/h7,9,11,13-16,24,26,28,32,37-40,44,54H,5-6,8,10,12,17-23,25,27H2,1-4H3,(H2,50,64)(H,51,62)(H,52,63)(H,53,66)(H,55,61)(H,56,67)(H,57,65)/t32-,37+,38+,39+,40-,44+/m1/s1. The Bertz CT molecular complexity index is 2490. The Morgan fingerprint density at radius 2 is 1.57 bits per heavy atom. The van der Waals surface area contributed by atoms with Crippen molar-refractivity contribution in [1.82, 2.24) is 46.7 Å². The number of carbonyl (C=O) groups excluding carboxylic acids is 8. The Balaban J connectivity index is 1.03. The summed E-state index contributed by atoms with van der Waals surface area (Å²) in [5, 5.41) is 29.0. The predicted octanol–water partition coefficient (Wildman–Crippen LogP) is 1.09. The first-order chi connectivity index (χ1) is 33.4. The van der Waals surface area contributed by atoms with Gasteiger partial charge in [-0.05, 0) is 79.8 Å². The number of hydrogen-bond donors (Lipinski definition) is 8. The fraction of sp³-hybridized carbons (Fsp3) is 0.510. The summed E-state index contributed by atoms with van der Waals surface area (Å²) in [5.74, 6) is -4.64. The van der Waals surface area contributed by atoms with Gasteiger partial charge in [0.25, 0.3) is 5.69 Å². The Morgan fingerprint density at radius 1 is 0.871 bits per heavy atom. The van der Waals surface area contributed by atoms with Crippen LogP contribution in [0.2, 0.25) is 0 Å². The number of benzene rings is 2. The maximum atomic E-state index is 14.5. The van der Waals surface area contributed by atoms with Gasteiger partial charge in [-0.15, -0.1) is 0 Å². The van der Waals surface area contributed by atoms with Gasteiger partial charge in [-0.3, -0.25) is 53.4 Å². The Labute approximate surface area is 406 Å². The molecule has 1 fully saturated rings. The number of nitro benzene ring substituents is 1. The van der Waals surface area contributed by atoms with Crippen molar-refractivity contribution < 1.29 is 43.3 Å². The highest BCUT2D eigenvalue weighted by Crippen LogP contribution is 2.41. The number of aromatic nitrogens is 1. The highest BCUT2D eigenvalue weighted by atomic mass is 16.6. The number of aromatic amines is 1. The Kier molecular flexibility index (Phi) is 17.8. The van der Waals surface area contributed by atoms with E-state index in [-0.39, 0.29) is 68.3 Å². The van der Waals surface area contributed by atoms with Crippen LogP contribution in [-0.4, -0.2) is 137 Å². The zero-order chi connectivity index (χ0) is 50.6. The van der Waals surface area contributed by atoms with E-state index in [0.717, 1.165) is 28.5 Å². The number of rotatable bonds is 23. The molecule has 376 valence electrons. The summed E-state index contributed by atoms with van der Waals surface area (Å²) < 4.78 is 0. The smallest absolute Gasteiger partial charge is 0.269 e. The largest absolute Gasteiger partial charge is 0.368 e. The molecule has 21 heteroatoms. The number of nitrogens with zero attached hydrogens (tertiary/aromatic N) is 3. The first-order valence-corrected chi connectivity index (χ1v) is 23.9. The molecule has 1 aliphatic carbocycles. The average Bonchev–Trinajstić information content (AvgIpc) is 3.99. The number of amides is 8. The molecule has 1 saturated heterocycles. The number of carbonyl (C=O) groups is 8. The number of nitro groups is 1. The lowest BCUT2D eigenvalue weighted by Gasteiger charge is -2.39. The van der Waals surface area contributed by atoms with E-state index in [9.17, 15) is 48.5 Å². The molecule has 9 N–H and O–H groups in total. The topological polar surface area (TPSA) is 300 Å². The van der Waals surface area contributed by atoms with Gasteiger partial charge in [0.15, 0.2) is 0 Å². The minimum absolute atomic E-state index is 0.0375. The molecule has 2 aliphatic heterocycles. The van der Waals surface area contributed by atoms with E-state index < -0.39 is 70.5 Å². The van der Waals surface area contributed by atoms with Crippen LogP contribution >= 0.6 is 0 Å². The van der Waals surface area contributed by atoms with Crippen molar-refractivity contribution in [2.24, 2.45) is 17.6 Å². The molecular weight excluding hydrogens is 903 g/mol. The fourth-order valence-corrected chi connectivity index (χ4v) is 9.51. The Hall–Kier alpha value is -7.16. The van der Waals surface area contributed by atoms with Crippen LogP contribution in [0.4, 0.5) is 5.69 Å². The van der Waals surface area contributed by atoms with Crippen molar-refractivity contribution in [3.63, 3.8) is 0 Å². The highest BCUT2D eigenvalue weighted by molar-refractivity contribution is 6.00. The van der Waals surface area contributed by atoms with Crippen LogP contribution in [0.1, 0.15) is 82.4 Å². The normalized spacial score (nSPS) is 18.7. The third-order valence-corrected chi connectivity index (χ3v) is 13.2. The van der Waals surface area contributed by atoms with Crippen molar-refractivity contribution in [3.05, 3.63) is 81.5 Å². The second-order valence-electron chi connectivity index (χ2n) is 18.7. The minimum Gasteiger partial charge on any atom is -0.368 e. The number of unbranched alkanes of at least 4 members (excludes halogenated alkanes) is 1. The second kappa shape index (κ2) is 23.9. The summed E-state index contributed by atoms with van der Waals surface area (Å²) in [6.07, 6.45) is 6.86. The van der Waals surface area contributed by atoms with Crippen LogP contribution in [0.25, 0.3) is 16.5 Å². The molecule has 0 spiro atoms. The molecule has 6 rings (SSSR count). The van der Waals surface area contributed by atoms with Gasteiger partial charge >= 0.3 is 0 Å². The summed E-state index contributed by atoms with van der Waals surface area (Å²) in [7, 11) is 1.99. The number of hydrogen-bond acceptors (Lipinski definition) is 11. The number of fused-ring (bicyclic) bond motifs is 2. The monoisotopic (exact) mass is 967 g/mol. The van der Waals surface area contributed by atoms with Crippen molar-refractivity contribution >= 4 is 69.4 Å². The predicted molar refractivity (Wildman–Crippen MR) is 259 cm³/mol. The molecule has 21 nitrogen and oxygen atoms in total. The number of nitrogens with one attached hydrogen (secondary N) is 7. The molecule has 0 radical (unpaired) electrons. The number of primary amides is 1. The zero-order valence-electron chi connectivity index (χ0n) is 40.1. The summed E-state index contributed by atoms with van der Waals surface area (Å²) in [5.41, 5.74) is 10.1. The number of likely N-dealkylation sites (tertiary alicyclic amines) is 1. The maximum absolute atomic E-state index is 14.5. The van der Waals surface area contributed by atoms with Crippen LogP contribution in [0.3, 0.4) is 0 Å². The van der Waals surface area contributed by atoms with E-state index in [1.165, 1.54) is 41.7 Å². The summed E-state index contributed by atoms with van der Waals surface area (Å²) in [6, 6.07) is 7.89. The Morgan fingerprint density at radius 3 is 2.24 bits per heavy atom. The molecule has 3 heterocycles. The van der Waals surface area contributed by atoms with Crippen LogP contribution < -0.4 is 37.6 Å². The zero-order valence-corrected chi connectivity index (χ0v) is 40.1. The fourth-order valence-electron chi connectivity index (χ4n) is 9.51. The SMILES string of the molecule is CC(=O)N[C@@H](CCCCNC(=O)CCC(=O)NCCNC(=O)[C@@H]1CCCN1C(=O)[C@H](Cc1ccc([N+](=O)[O-])cc1)NC(=O)[C@@H](NC(=O)[C@@H]1C=C2c3cccc4[nH]cc(c34)C[C@H]2N(C)C1)C(C)C)C(N)=O. The second-order valence-corrected chi connectivity index (χ2v) is 18.7. The molecule has 0 unspecified atom stereocenters.